The molecule has 0 radical (unpaired) electrons. The topological polar surface area (TPSA) is 12.5 Å². The van der Waals surface area contributed by atoms with Crippen LogP contribution in [-0.4, -0.2) is 18.0 Å². The van der Waals surface area contributed by atoms with Crippen LogP contribution in [-0.2, 0) is 6.54 Å². The number of nitrogens with zero attached hydrogens (tertiary/aromatic N) is 1. The van der Waals surface area contributed by atoms with Gasteiger partial charge in [0.25, 0.3) is 0 Å². The Bertz CT molecular complexity index is 599. The molecule has 1 heterocycles. The van der Waals surface area contributed by atoms with E-state index in [4.69, 9.17) is 4.74 Å². The van der Waals surface area contributed by atoms with Gasteiger partial charge in [0.2, 0.25) is 0 Å². The van der Waals surface area contributed by atoms with Crippen LogP contribution in [0.1, 0.15) is 24.2 Å². The molecule has 0 aromatic heterocycles. The second-order valence-corrected chi connectivity index (χ2v) is 6.01. The van der Waals surface area contributed by atoms with Gasteiger partial charge in [-0.2, -0.15) is 0 Å². The van der Waals surface area contributed by atoms with Gasteiger partial charge in [-0.1, -0.05) is 53.2 Å². The fourth-order valence-corrected chi connectivity index (χ4v) is 3.02. The van der Waals surface area contributed by atoms with Crippen molar-refractivity contribution in [3.8, 4) is 5.75 Å². The van der Waals surface area contributed by atoms with E-state index < -0.39 is 0 Å². The highest BCUT2D eigenvalue weighted by Crippen LogP contribution is 2.31. The lowest BCUT2D eigenvalue weighted by atomic mass is 10.1. The van der Waals surface area contributed by atoms with Crippen LogP contribution in [0.3, 0.4) is 0 Å². The average molecular weight is 332 g/mol. The third-order valence-corrected chi connectivity index (χ3v) is 4.22. The smallest absolute Gasteiger partial charge is 0.136 e. The van der Waals surface area contributed by atoms with Gasteiger partial charge < -0.3 is 4.74 Å². The summed E-state index contributed by atoms with van der Waals surface area (Å²) in [5.74, 6) is 1.01. The molecular formula is C17H18BrNO. The molecule has 0 spiro atoms. The van der Waals surface area contributed by atoms with E-state index in [0.717, 1.165) is 29.9 Å². The van der Waals surface area contributed by atoms with Crippen LogP contribution in [0.25, 0.3) is 0 Å². The van der Waals surface area contributed by atoms with Crippen LogP contribution >= 0.6 is 15.9 Å². The van der Waals surface area contributed by atoms with E-state index in [-0.39, 0.29) is 6.10 Å². The van der Waals surface area contributed by atoms with E-state index >= 15 is 0 Å². The first-order valence-corrected chi connectivity index (χ1v) is 7.78. The molecule has 0 N–H and O–H groups in total. The van der Waals surface area contributed by atoms with Gasteiger partial charge in [0.1, 0.15) is 11.9 Å². The summed E-state index contributed by atoms with van der Waals surface area (Å²) in [6.45, 7) is 5.10. The van der Waals surface area contributed by atoms with Gasteiger partial charge in [-0.15, -0.1) is 0 Å². The minimum atomic E-state index is 0.0797. The molecule has 3 rings (SSSR count). The zero-order chi connectivity index (χ0) is 13.9. The first-order valence-electron chi connectivity index (χ1n) is 6.98. The van der Waals surface area contributed by atoms with Gasteiger partial charge in [0.05, 0.1) is 0 Å². The predicted octanol–water partition coefficient (Wildman–Crippen LogP) is 4.40. The number of hydrogen-bond acceptors (Lipinski definition) is 2. The van der Waals surface area contributed by atoms with Crippen molar-refractivity contribution < 1.29 is 4.74 Å². The fraction of sp³-hybridized carbons (Fsp3) is 0.294. The largest absolute Gasteiger partial charge is 0.484 e. The van der Waals surface area contributed by atoms with Crippen molar-refractivity contribution in [3.63, 3.8) is 0 Å². The molecule has 1 aliphatic rings. The third-order valence-electron chi connectivity index (χ3n) is 3.73. The van der Waals surface area contributed by atoms with Crippen LogP contribution in [0.15, 0.2) is 53.0 Å². The summed E-state index contributed by atoms with van der Waals surface area (Å²) in [7, 11) is 0. The van der Waals surface area contributed by atoms with Crippen molar-refractivity contribution in [2.75, 3.05) is 13.1 Å². The molecule has 0 aliphatic carbocycles. The lowest BCUT2D eigenvalue weighted by Gasteiger charge is -2.23. The molecule has 2 aromatic rings. The number of hydrogen-bond donors (Lipinski definition) is 0. The van der Waals surface area contributed by atoms with E-state index in [2.05, 4.69) is 64.2 Å². The molecule has 2 aromatic carbocycles. The lowest BCUT2D eigenvalue weighted by molar-refractivity contribution is 0.152. The van der Waals surface area contributed by atoms with Gasteiger partial charge in [0, 0.05) is 23.1 Å². The van der Waals surface area contributed by atoms with Crippen molar-refractivity contribution in [1.29, 1.82) is 0 Å². The molecule has 20 heavy (non-hydrogen) atoms. The maximum Gasteiger partial charge on any atom is 0.136 e. The van der Waals surface area contributed by atoms with Crippen LogP contribution in [0.2, 0.25) is 0 Å². The summed E-state index contributed by atoms with van der Waals surface area (Å²) >= 11 is 3.54. The predicted molar refractivity (Wildman–Crippen MR) is 84.9 cm³/mol. The van der Waals surface area contributed by atoms with Crippen LogP contribution < -0.4 is 4.74 Å². The minimum absolute atomic E-state index is 0.0797. The molecule has 0 saturated carbocycles. The maximum absolute atomic E-state index is 6.27. The Labute approximate surface area is 128 Å². The van der Waals surface area contributed by atoms with E-state index in [1.54, 1.807) is 0 Å². The first kappa shape index (κ1) is 13.7. The highest BCUT2D eigenvalue weighted by Gasteiger charge is 2.23. The summed E-state index contributed by atoms with van der Waals surface area (Å²) in [5.41, 5.74) is 2.49. The number of rotatable bonds is 2. The SMILES string of the molecule is CCN1Cc2ccccc2OC(c2cccc(Br)c2)C1. The zero-order valence-electron chi connectivity index (χ0n) is 11.6. The lowest BCUT2D eigenvalue weighted by Crippen LogP contribution is -2.27. The summed E-state index contributed by atoms with van der Waals surface area (Å²) in [4.78, 5) is 2.43. The molecule has 1 unspecified atom stereocenters. The number of halogens is 1. The monoisotopic (exact) mass is 331 g/mol. The van der Waals surface area contributed by atoms with E-state index in [9.17, 15) is 0 Å². The summed E-state index contributed by atoms with van der Waals surface area (Å²) in [5, 5.41) is 0. The van der Waals surface area contributed by atoms with Gasteiger partial charge in [-0.3, -0.25) is 4.90 Å². The van der Waals surface area contributed by atoms with E-state index in [1.165, 1.54) is 11.1 Å². The number of para-hydroxylation sites is 1. The van der Waals surface area contributed by atoms with E-state index in [0.29, 0.717) is 0 Å². The standard InChI is InChI=1S/C17H18BrNO/c1-2-19-11-14-6-3-4-9-16(14)20-17(12-19)13-7-5-8-15(18)10-13/h3-10,17H,2,11-12H2,1H3. The number of benzene rings is 2. The number of likely N-dealkylation sites (N-methyl/N-ethyl adjacent to an activating group) is 1. The van der Waals surface area contributed by atoms with Crippen molar-refractivity contribution in [1.82, 2.24) is 4.90 Å². The molecule has 0 amide bonds. The van der Waals surface area contributed by atoms with E-state index in [1.807, 2.05) is 12.1 Å². The zero-order valence-corrected chi connectivity index (χ0v) is 13.1. The summed E-state index contributed by atoms with van der Waals surface area (Å²) in [6, 6.07) is 16.7. The summed E-state index contributed by atoms with van der Waals surface area (Å²) < 4.78 is 7.36. The van der Waals surface area contributed by atoms with Crippen LogP contribution in [0.5, 0.6) is 5.75 Å². The fourth-order valence-electron chi connectivity index (χ4n) is 2.60. The first-order chi connectivity index (χ1) is 9.76. The molecule has 0 saturated heterocycles. The van der Waals surface area contributed by atoms with Crippen LogP contribution in [0.4, 0.5) is 0 Å². The molecule has 0 fully saturated rings. The molecule has 0 bridgehead atoms. The molecule has 104 valence electrons. The van der Waals surface area contributed by atoms with Crippen LogP contribution in [0, 0.1) is 0 Å². The van der Waals surface area contributed by atoms with Crippen molar-refractivity contribution in [2.45, 2.75) is 19.6 Å². The Kier molecular flexibility index (Phi) is 4.08. The quantitative estimate of drug-likeness (QED) is 0.808. The Hall–Kier alpha value is -1.32. The maximum atomic E-state index is 6.27. The Morgan fingerprint density at radius 2 is 2.05 bits per heavy atom. The van der Waals surface area contributed by atoms with Gasteiger partial charge in [-0.05, 0) is 30.3 Å². The number of ether oxygens (including phenoxy) is 1. The molecule has 1 atom stereocenters. The van der Waals surface area contributed by atoms with Gasteiger partial charge >= 0.3 is 0 Å². The Morgan fingerprint density at radius 3 is 2.85 bits per heavy atom. The summed E-state index contributed by atoms with van der Waals surface area (Å²) in [6.07, 6.45) is 0.0797. The van der Waals surface area contributed by atoms with Gasteiger partial charge in [0.15, 0.2) is 0 Å². The second kappa shape index (κ2) is 5.98. The van der Waals surface area contributed by atoms with Crippen molar-refractivity contribution in [2.24, 2.45) is 0 Å². The normalized spacial score (nSPS) is 19.0. The number of fused-ring (bicyclic) bond motifs is 1. The molecular weight excluding hydrogens is 314 g/mol. The second-order valence-electron chi connectivity index (χ2n) is 5.10. The Balaban J connectivity index is 1.96. The molecule has 2 nitrogen and oxygen atoms in total. The van der Waals surface area contributed by atoms with Crippen molar-refractivity contribution in [3.05, 3.63) is 64.1 Å². The highest BCUT2D eigenvalue weighted by molar-refractivity contribution is 9.10. The molecule has 3 heteroatoms. The van der Waals surface area contributed by atoms with Gasteiger partial charge in [-0.25, -0.2) is 0 Å². The average Bonchev–Trinajstić information content (AvgIpc) is 2.66. The van der Waals surface area contributed by atoms with Crippen molar-refractivity contribution >= 4 is 15.9 Å². The minimum Gasteiger partial charge on any atom is -0.484 e. The molecule has 1 aliphatic heterocycles. The Morgan fingerprint density at radius 1 is 1.20 bits per heavy atom. The highest BCUT2D eigenvalue weighted by atomic mass is 79.9. The third kappa shape index (κ3) is 2.89.